The minimum absolute atomic E-state index is 0.583. The van der Waals surface area contributed by atoms with Gasteiger partial charge in [0.15, 0.2) is 0 Å². The molecule has 0 heterocycles. The van der Waals surface area contributed by atoms with Crippen molar-refractivity contribution in [2.24, 2.45) is 5.73 Å². The Morgan fingerprint density at radius 1 is 1.45 bits per heavy atom. The van der Waals surface area contributed by atoms with Gasteiger partial charge < -0.3 is 5.73 Å². The Labute approximate surface area is 74.8 Å². The first-order valence-electron chi connectivity index (χ1n) is 4.10. The third-order valence-corrected chi connectivity index (χ3v) is 2.10. The maximum Gasteiger partial charge on any atom is 0.0870 e. The molecule has 0 spiro atoms. The molecule has 0 saturated carbocycles. The van der Waals surface area contributed by atoms with Crippen LogP contribution in [0.5, 0.6) is 0 Å². The van der Waals surface area contributed by atoms with Gasteiger partial charge in [-0.1, -0.05) is 26.1 Å². The summed E-state index contributed by atoms with van der Waals surface area (Å²) in [5.41, 5.74) is 5.43. The van der Waals surface area contributed by atoms with Gasteiger partial charge in [-0.3, -0.25) is 4.90 Å². The molecule has 0 fully saturated rings. The number of nitrogens with two attached hydrogens (primary N) is 1. The van der Waals surface area contributed by atoms with E-state index in [1.54, 1.807) is 0 Å². The third-order valence-electron chi connectivity index (χ3n) is 1.97. The van der Waals surface area contributed by atoms with Crippen LogP contribution in [0.2, 0.25) is 0 Å². The Morgan fingerprint density at radius 3 is 2.18 bits per heavy atom. The molecule has 0 aromatic carbocycles. The lowest BCUT2D eigenvalue weighted by Gasteiger charge is -2.25. The molecule has 0 aromatic rings. The molecule has 2 nitrogen and oxygen atoms in total. The van der Waals surface area contributed by atoms with Gasteiger partial charge in [0.1, 0.15) is 0 Å². The summed E-state index contributed by atoms with van der Waals surface area (Å²) >= 11 is 4.82. The van der Waals surface area contributed by atoms with Gasteiger partial charge in [0, 0.05) is 12.6 Å². The van der Waals surface area contributed by atoms with E-state index in [-0.39, 0.29) is 0 Å². The number of thiocarbonyl (C=S) groups is 1. The first-order chi connectivity index (χ1) is 5.11. The van der Waals surface area contributed by atoms with E-state index in [1.807, 2.05) is 0 Å². The normalized spacial score (nSPS) is 11.0. The van der Waals surface area contributed by atoms with Crippen molar-refractivity contribution in [1.82, 2.24) is 4.90 Å². The highest BCUT2D eigenvalue weighted by Crippen LogP contribution is 2.04. The molecule has 0 aromatic heterocycles. The summed E-state index contributed by atoms with van der Waals surface area (Å²) in [6.45, 7) is 5.11. The molecule has 0 aliphatic carbocycles. The van der Waals surface area contributed by atoms with Gasteiger partial charge in [0.05, 0.1) is 4.99 Å². The van der Waals surface area contributed by atoms with Gasteiger partial charge in [-0.2, -0.15) is 0 Å². The van der Waals surface area contributed by atoms with E-state index in [0.29, 0.717) is 11.0 Å². The molecular weight excluding hydrogens is 156 g/mol. The van der Waals surface area contributed by atoms with Crippen LogP contribution in [0.15, 0.2) is 0 Å². The molecule has 0 unspecified atom stereocenters. The van der Waals surface area contributed by atoms with Crippen LogP contribution in [0, 0.1) is 0 Å². The zero-order valence-corrected chi connectivity index (χ0v) is 8.45. The predicted octanol–water partition coefficient (Wildman–Crippen LogP) is 1.39. The third kappa shape index (κ3) is 4.32. The van der Waals surface area contributed by atoms with Crippen molar-refractivity contribution < 1.29 is 0 Å². The molecule has 66 valence electrons. The van der Waals surface area contributed by atoms with Gasteiger partial charge >= 0.3 is 0 Å². The van der Waals surface area contributed by atoms with Crippen molar-refractivity contribution in [3.63, 3.8) is 0 Å². The van der Waals surface area contributed by atoms with E-state index in [4.69, 9.17) is 18.0 Å². The van der Waals surface area contributed by atoms with Gasteiger partial charge in [-0.05, 0) is 19.9 Å². The quantitative estimate of drug-likeness (QED) is 0.639. The first-order valence-corrected chi connectivity index (χ1v) is 4.51. The van der Waals surface area contributed by atoms with E-state index >= 15 is 0 Å². The Kier molecular flexibility index (Phi) is 5.42. The summed E-state index contributed by atoms with van der Waals surface area (Å²) in [6, 6.07) is 0.622. The minimum atomic E-state index is 0.583. The van der Waals surface area contributed by atoms with Crippen LogP contribution in [0.25, 0.3) is 0 Å². The number of hydrogen-bond acceptors (Lipinski definition) is 2. The number of likely N-dealkylation sites (N-methyl/N-ethyl adjacent to an activating group) is 1. The molecule has 0 aliphatic heterocycles. The van der Waals surface area contributed by atoms with E-state index in [9.17, 15) is 0 Å². The number of rotatable bonds is 5. The molecule has 0 atom stereocenters. The summed E-state index contributed by atoms with van der Waals surface area (Å²) in [5.74, 6) is 0. The van der Waals surface area contributed by atoms with Crippen LogP contribution in [-0.2, 0) is 0 Å². The molecule has 0 bridgehead atoms. The fraction of sp³-hybridized carbons (Fsp3) is 0.875. The first kappa shape index (κ1) is 10.8. The van der Waals surface area contributed by atoms with Gasteiger partial charge in [-0.15, -0.1) is 0 Å². The fourth-order valence-electron chi connectivity index (χ4n) is 1.29. The summed E-state index contributed by atoms with van der Waals surface area (Å²) in [4.78, 5) is 2.79. The average Bonchev–Trinajstić information content (AvgIpc) is 1.88. The molecule has 0 aliphatic rings. The molecule has 0 radical (unpaired) electrons. The molecule has 0 rings (SSSR count). The summed E-state index contributed by atoms with van der Waals surface area (Å²) < 4.78 is 0. The zero-order chi connectivity index (χ0) is 8.85. The Balaban J connectivity index is 3.78. The highest BCUT2D eigenvalue weighted by molar-refractivity contribution is 7.80. The van der Waals surface area contributed by atoms with Crippen molar-refractivity contribution in [3.05, 3.63) is 0 Å². The highest BCUT2D eigenvalue weighted by Gasteiger charge is 2.09. The standard InChI is InChI=1S/C8H18N2S/c1-4-7(5-2)10(3)6-8(9)11/h7H,4-6H2,1-3H3,(H2,9,11). The second-order valence-corrected chi connectivity index (χ2v) is 3.38. The van der Waals surface area contributed by atoms with Crippen molar-refractivity contribution in [2.45, 2.75) is 32.7 Å². The zero-order valence-electron chi connectivity index (χ0n) is 7.63. The number of hydrogen-bond donors (Lipinski definition) is 1. The lowest BCUT2D eigenvalue weighted by molar-refractivity contribution is 0.260. The van der Waals surface area contributed by atoms with Crippen molar-refractivity contribution >= 4 is 17.2 Å². The molecule has 0 amide bonds. The van der Waals surface area contributed by atoms with Crippen LogP contribution in [-0.4, -0.2) is 29.5 Å². The maximum absolute atomic E-state index is 5.43. The fourth-order valence-corrected chi connectivity index (χ4v) is 1.49. The van der Waals surface area contributed by atoms with Crippen molar-refractivity contribution in [3.8, 4) is 0 Å². The van der Waals surface area contributed by atoms with Crippen molar-refractivity contribution in [2.75, 3.05) is 13.6 Å². The van der Waals surface area contributed by atoms with Crippen LogP contribution < -0.4 is 5.73 Å². The second-order valence-electron chi connectivity index (χ2n) is 2.85. The highest BCUT2D eigenvalue weighted by atomic mass is 32.1. The summed E-state index contributed by atoms with van der Waals surface area (Å²) in [6.07, 6.45) is 2.32. The molecular formula is C8H18N2S. The Bertz CT molecular complexity index is 121. The van der Waals surface area contributed by atoms with E-state index in [0.717, 1.165) is 19.4 Å². The second kappa shape index (κ2) is 5.49. The minimum Gasteiger partial charge on any atom is -0.392 e. The van der Waals surface area contributed by atoms with Crippen LogP contribution >= 0.6 is 12.2 Å². The van der Waals surface area contributed by atoms with Crippen LogP contribution in [0.3, 0.4) is 0 Å². The smallest absolute Gasteiger partial charge is 0.0870 e. The van der Waals surface area contributed by atoms with Gasteiger partial charge in [0.25, 0.3) is 0 Å². The molecule has 11 heavy (non-hydrogen) atoms. The lowest BCUT2D eigenvalue weighted by Crippen LogP contribution is -2.36. The predicted molar refractivity (Wildman–Crippen MR) is 53.8 cm³/mol. The van der Waals surface area contributed by atoms with E-state index < -0.39 is 0 Å². The summed E-state index contributed by atoms with van der Waals surface area (Å²) in [5, 5.41) is 0. The Morgan fingerprint density at radius 2 is 1.91 bits per heavy atom. The topological polar surface area (TPSA) is 29.3 Å². The Hall–Kier alpha value is -0.150. The van der Waals surface area contributed by atoms with E-state index in [2.05, 4.69) is 25.8 Å². The van der Waals surface area contributed by atoms with Crippen LogP contribution in [0.4, 0.5) is 0 Å². The largest absolute Gasteiger partial charge is 0.392 e. The maximum atomic E-state index is 5.43. The van der Waals surface area contributed by atoms with Crippen molar-refractivity contribution in [1.29, 1.82) is 0 Å². The molecule has 2 N–H and O–H groups in total. The number of nitrogens with zero attached hydrogens (tertiary/aromatic N) is 1. The van der Waals surface area contributed by atoms with Crippen LogP contribution in [0.1, 0.15) is 26.7 Å². The monoisotopic (exact) mass is 174 g/mol. The van der Waals surface area contributed by atoms with Gasteiger partial charge in [-0.25, -0.2) is 0 Å². The summed E-state index contributed by atoms with van der Waals surface area (Å²) in [7, 11) is 2.07. The average molecular weight is 174 g/mol. The van der Waals surface area contributed by atoms with Gasteiger partial charge in [0.2, 0.25) is 0 Å². The molecule has 0 saturated heterocycles. The SMILES string of the molecule is CCC(CC)N(C)CC(N)=S. The lowest BCUT2D eigenvalue weighted by atomic mass is 10.1. The van der Waals surface area contributed by atoms with E-state index in [1.165, 1.54) is 0 Å². The molecule has 3 heteroatoms.